The maximum Gasteiger partial charge on any atom is 0.270 e. The molecule has 8 nitrogen and oxygen atoms in total. The van der Waals surface area contributed by atoms with Crippen LogP contribution in [0.1, 0.15) is 50.5 Å². The average molecular weight is 470 g/mol. The van der Waals surface area contributed by atoms with Crippen LogP contribution >= 0.6 is 0 Å². The maximum atomic E-state index is 13.6. The Morgan fingerprint density at radius 1 is 1.11 bits per heavy atom. The Labute approximate surface area is 202 Å². The first kappa shape index (κ1) is 21.6. The summed E-state index contributed by atoms with van der Waals surface area (Å²) in [5, 5.41) is 14.8. The van der Waals surface area contributed by atoms with Crippen molar-refractivity contribution in [2.75, 3.05) is 13.6 Å². The molecule has 4 aromatic rings. The molecule has 1 aliphatic carbocycles. The number of fused-ring (bicyclic) bond motifs is 2. The number of H-pyrrole nitrogens is 1. The van der Waals surface area contributed by atoms with Crippen molar-refractivity contribution < 1.29 is 14.7 Å². The van der Waals surface area contributed by atoms with Gasteiger partial charge in [0.05, 0.1) is 42.7 Å². The third-order valence-corrected chi connectivity index (χ3v) is 7.49. The van der Waals surface area contributed by atoms with Crippen LogP contribution in [0, 0.1) is 0 Å². The van der Waals surface area contributed by atoms with Gasteiger partial charge in [-0.25, -0.2) is 0 Å². The van der Waals surface area contributed by atoms with E-state index in [-0.39, 0.29) is 24.0 Å². The van der Waals surface area contributed by atoms with E-state index < -0.39 is 0 Å². The molecule has 2 aromatic carbocycles. The number of aromatic nitrogens is 3. The molecule has 2 amide bonds. The minimum Gasteiger partial charge on any atom is -0.392 e. The summed E-state index contributed by atoms with van der Waals surface area (Å²) in [6, 6.07) is 17.5. The van der Waals surface area contributed by atoms with E-state index >= 15 is 0 Å². The zero-order valence-corrected chi connectivity index (χ0v) is 19.6. The smallest absolute Gasteiger partial charge is 0.270 e. The number of aliphatic hydroxyl groups is 1. The summed E-state index contributed by atoms with van der Waals surface area (Å²) in [5.41, 5.74) is 4.37. The van der Waals surface area contributed by atoms with Crippen LogP contribution in [-0.2, 0) is 25.2 Å². The molecule has 0 radical (unpaired) electrons. The molecule has 0 atom stereocenters. The first-order valence-electron chi connectivity index (χ1n) is 11.9. The SMILES string of the molecule is CN(C(=O)c1cnn2c1CN(C(=O)c1cc3ccccc3[nH]1)CC2)C1(c2ccc(CO)cc2)CC1. The summed E-state index contributed by atoms with van der Waals surface area (Å²) in [6.07, 6.45) is 3.42. The molecule has 0 unspecified atom stereocenters. The third kappa shape index (κ3) is 3.52. The summed E-state index contributed by atoms with van der Waals surface area (Å²) >= 11 is 0. The number of para-hydroxylation sites is 1. The number of benzene rings is 2. The fraction of sp³-hybridized carbons (Fsp3) is 0.296. The molecule has 2 aromatic heterocycles. The van der Waals surface area contributed by atoms with E-state index in [9.17, 15) is 14.7 Å². The number of aliphatic hydroxyl groups excluding tert-OH is 1. The minimum absolute atomic E-state index is 0.00166. The molecule has 0 bridgehead atoms. The van der Waals surface area contributed by atoms with E-state index in [0.717, 1.165) is 40.6 Å². The topological polar surface area (TPSA) is 94.5 Å². The number of nitrogens with one attached hydrogen (secondary N) is 1. The van der Waals surface area contributed by atoms with Gasteiger partial charge in [-0.3, -0.25) is 14.3 Å². The van der Waals surface area contributed by atoms with Gasteiger partial charge in [-0.2, -0.15) is 5.10 Å². The Kier molecular flexibility index (Phi) is 5.00. The van der Waals surface area contributed by atoms with Gasteiger partial charge >= 0.3 is 0 Å². The Balaban J connectivity index is 1.24. The fourth-order valence-corrected chi connectivity index (χ4v) is 5.19. The number of hydrogen-bond acceptors (Lipinski definition) is 4. The van der Waals surface area contributed by atoms with E-state index in [4.69, 9.17) is 0 Å². The van der Waals surface area contributed by atoms with Gasteiger partial charge in [0.1, 0.15) is 5.69 Å². The van der Waals surface area contributed by atoms with Crippen molar-refractivity contribution >= 4 is 22.7 Å². The van der Waals surface area contributed by atoms with Crippen molar-refractivity contribution in [3.8, 4) is 0 Å². The zero-order valence-electron chi connectivity index (χ0n) is 19.6. The molecule has 35 heavy (non-hydrogen) atoms. The summed E-state index contributed by atoms with van der Waals surface area (Å²) in [5.74, 6) is -0.169. The molecule has 178 valence electrons. The van der Waals surface area contributed by atoms with Gasteiger partial charge in [-0.05, 0) is 36.1 Å². The number of nitrogens with zero attached hydrogens (tertiary/aromatic N) is 4. The number of amides is 2. The molecule has 1 fully saturated rings. The monoisotopic (exact) mass is 469 g/mol. The van der Waals surface area contributed by atoms with Crippen LogP contribution in [-0.4, -0.2) is 55.1 Å². The van der Waals surface area contributed by atoms with Crippen LogP contribution in [0.2, 0.25) is 0 Å². The first-order valence-corrected chi connectivity index (χ1v) is 11.9. The average Bonchev–Trinajstić information content (AvgIpc) is 3.41. The van der Waals surface area contributed by atoms with E-state index in [1.807, 2.05) is 71.2 Å². The number of carbonyl (C=O) groups excluding carboxylic acids is 2. The fourth-order valence-electron chi connectivity index (χ4n) is 5.19. The Morgan fingerprint density at radius 3 is 2.60 bits per heavy atom. The van der Waals surface area contributed by atoms with Gasteiger partial charge in [0, 0.05) is 24.5 Å². The second-order valence-corrected chi connectivity index (χ2v) is 9.48. The van der Waals surface area contributed by atoms with Crippen molar-refractivity contribution in [3.05, 3.63) is 88.9 Å². The molecule has 0 saturated heterocycles. The maximum absolute atomic E-state index is 13.6. The second-order valence-electron chi connectivity index (χ2n) is 9.48. The number of hydrogen-bond donors (Lipinski definition) is 2. The summed E-state index contributed by atoms with van der Waals surface area (Å²) in [6.45, 7) is 1.42. The largest absolute Gasteiger partial charge is 0.392 e. The predicted octanol–water partition coefficient (Wildman–Crippen LogP) is 3.27. The van der Waals surface area contributed by atoms with Crippen LogP contribution in [0.3, 0.4) is 0 Å². The van der Waals surface area contributed by atoms with Crippen LogP contribution in [0.25, 0.3) is 10.9 Å². The van der Waals surface area contributed by atoms with Crippen LogP contribution in [0.5, 0.6) is 0 Å². The van der Waals surface area contributed by atoms with E-state index in [1.54, 1.807) is 11.1 Å². The first-order chi connectivity index (χ1) is 17.0. The van der Waals surface area contributed by atoms with Crippen molar-refractivity contribution in [1.29, 1.82) is 0 Å². The molecule has 2 N–H and O–H groups in total. The highest BCUT2D eigenvalue weighted by molar-refractivity contribution is 5.99. The van der Waals surface area contributed by atoms with Gasteiger partial charge in [0.25, 0.3) is 11.8 Å². The summed E-state index contributed by atoms with van der Waals surface area (Å²) in [4.78, 5) is 33.7. The van der Waals surface area contributed by atoms with Gasteiger partial charge in [-0.15, -0.1) is 0 Å². The highest BCUT2D eigenvalue weighted by Gasteiger charge is 2.50. The molecule has 3 heterocycles. The third-order valence-electron chi connectivity index (χ3n) is 7.49. The Hall–Kier alpha value is -3.91. The van der Waals surface area contributed by atoms with E-state index in [2.05, 4.69) is 10.1 Å². The van der Waals surface area contributed by atoms with Gasteiger partial charge in [0.2, 0.25) is 0 Å². The van der Waals surface area contributed by atoms with Crippen molar-refractivity contribution in [3.63, 3.8) is 0 Å². The lowest BCUT2D eigenvalue weighted by Gasteiger charge is -2.31. The molecule has 0 spiro atoms. The molecule has 8 heteroatoms. The number of aromatic amines is 1. The molecule has 1 saturated carbocycles. The zero-order chi connectivity index (χ0) is 24.2. The Morgan fingerprint density at radius 2 is 1.89 bits per heavy atom. The van der Waals surface area contributed by atoms with E-state index in [0.29, 0.717) is 30.9 Å². The molecular weight excluding hydrogens is 442 g/mol. The lowest BCUT2D eigenvalue weighted by Crippen LogP contribution is -2.41. The van der Waals surface area contributed by atoms with Crippen LogP contribution < -0.4 is 0 Å². The minimum atomic E-state index is -0.339. The number of rotatable bonds is 5. The predicted molar refractivity (Wildman–Crippen MR) is 131 cm³/mol. The summed E-state index contributed by atoms with van der Waals surface area (Å²) < 4.78 is 1.84. The highest BCUT2D eigenvalue weighted by atomic mass is 16.3. The quantitative estimate of drug-likeness (QED) is 0.469. The van der Waals surface area contributed by atoms with Crippen molar-refractivity contribution in [1.82, 2.24) is 24.6 Å². The Bertz CT molecular complexity index is 1400. The van der Waals surface area contributed by atoms with Gasteiger partial charge < -0.3 is 19.9 Å². The van der Waals surface area contributed by atoms with Gasteiger partial charge in [-0.1, -0.05) is 42.5 Å². The van der Waals surface area contributed by atoms with Gasteiger partial charge in [0.15, 0.2) is 0 Å². The van der Waals surface area contributed by atoms with Crippen molar-refractivity contribution in [2.45, 2.75) is 38.1 Å². The standard InChI is InChI=1S/C27H27N5O3/c1-30(27(10-11-27)20-8-6-18(17-33)7-9-20)25(34)21-15-28-32-13-12-31(16-24(21)32)26(35)23-14-19-4-2-3-5-22(19)29-23/h2-9,14-15,29,33H,10-13,16-17H2,1H3. The molecule has 1 aliphatic heterocycles. The lowest BCUT2D eigenvalue weighted by atomic mass is 10.0. The lowest BCUT2D eigenvalue weighted by molar-refractivity contribution is 0.0670. The normalized spacial score (nSPS) is 16.2. The molecule has 2 aliphatic rings. The van der Waals surface area contributed by atoms with Crippen LogP contribution in [0.4, 0.5) is 0 Å². The van der Waals surface area contributed by atoms with Crippen molar-refractivity contribution in [2.24, 2.45) is 0 Å². The van der Waals surface area contributed by atoms with E-state index in [1.165, 1.54) is 0 Å². The second kappa shape index (κ2) is 8.09. The molecule has 6 rings (SSSR count). The number of carbonyl (C=O) groups is 2. The summed E-state index contributed by atoms with van der Waals surface area (Å²) in [7, 11) is 1.84. The van der Waals surface area contributed by atoms with Crippen LogP contribution in [0.15, 0.2) is 60.8 Å². The molecular formula is C27H27N5O3. The highest BCUT2D eigenvalue weighted by Crippen LogP contribution is 2.51.